The lowest BCUT2D eigenvalue weighted by Gasteiger charge is -2.23. The van der Waals surface area contributed by atoms with Crippen molar-refractivity contribution in [2.24, 2.45) is 0 Å². The van der Waals surface area contributed by atoms with Gasteiger partial charge < -0.3 is 19.9 Å². The summed E-state index contributed by atoms with van der Waals surface area (Å²) >= 11 is 0. The van der Waals surface area contributed by atoms with Crippen LogP contribution in [0, 0.1) is 0 Å². The molecule has 4 rings (SSSR count). The van der Waals surface area contributed by atoms with E-state index in [2.05, 4.69) is 5.32 Å². The molecule has 0 aromatic heterocycles. The number of likely N-dealkylation sites (tertiary alicyclic amines) is 1. The van der Waals surface area contributed by atoms with Crippen LogP contribution in [0.15, 0.2) is 48.5 Å². The van der Waals surface area contributed by atoms with E-state index in [9.17, 15) is 9.59 Å². The highest BCUT2D eigenvalue weighted by Crippen LogP contribution is 2.46. The summed E-state index contributed by atoms with van der Waals surface area (Å²) in [6.07, 6.45) is 0.638. The number of benzene rings is 2. The zero-order valence-electron chi connectivity index (χ0n) is 14.9. The number of carbonyl (C=O) groups is 2. The first-order valence-electron chi connectivity index (χ1n) is 8.63. The van der Waals surface area contributed by atoms with Crippen LogP contribution in [-0.4, -0.2) is 44.1 Å². The molecule has 1 saturated heterocycles. The summed E-state index contributed by atoms with van der Waals surface area (Å²) in [6, 6.07) is 14.9. The quantitative estimate of drug-likeness (QED) is 0.905. The Hall–Kier alpha value is -3.02. The molecule has 0 saturated carbocycles. The fourth-order valence-electron chi connectivity index (χ4n) is 4.00. The van der Waals surface area contributed by atoms with E-state index in [0.717, 1.165) is 11.3 Å². The molecule has 1 atom stereocenters. The number of para-hydroxylation sites is 1. The Morgan fingerprint density at radius 3 is 2.81 bits per heavy atom. The third-order valence-corrected chi connectivity index (χ3v) is 5.37. The van der Waals surface area contributed by atoms with Gasteiger partial charge in [-0.15, -0.1) is 0 Å². The summed E-state index contributed by atoms with van der Waals surface area (Å²) in [7, 11) is 3.39. The highest BCUT2D eigenvalue weighted by molar-refractivity contribution is 6.08. The Labute approximate surface area is 152 Å². The predicted octanol–water partition coefficient (Wildman–Crippen LogP) is 2.85. The van der Waals surface area contributed by atoms with Crippen molar-refractivity contribution in [2.45, 2.75) is 11.8 Å². The van der Waals surface area contributed by atoms with Crippen molar-refractivity contribution >= 4 is 23.3 Å². The van der Waals surface area contributed by atoms with Crippen molar-refractivity contribution in [2.75, 3.05) is 37.5 Å². The number of urea groups is 1. The van der Waals surface area contributed by atoms with Gasteiger partial charge in [0, 0.05) is 37.6 Å². The van der Waals surface area contributed by atoms with E-state index in [1.807, 2.05) is 42.5 Å². The van der Waals surface area contributed by atoms with Gasteiger partial charge in [-0.3, -0.25) is 4.79 Å². The summed E-state index contributed by atoms with van der Waals surface area (Å²) in [5, 5.41) is 2.90. The first-order chi connectivity index (χ1) is 12.5. The average molecular weight is 351 g/mol. The minimum absolute atomic E-state index is 0.0652. The van der Waals surface area contributed by atoms with Crippen molar-refractivity contribution < 1.29 is 14.3 Å². The molecule has 1 spiro atoms. The molecule has 0 radical (unpaired) electrons. The molecular weight excluding hydrogens is 330 g/mol. The van der Waals surface area contributed by atoms with Gasteiger partial charge in [0.2, 0.25) is 5.91 Å². The maximum Gasteiger partial charge on any atom is 0.321 e. The number of nitrogens with one attached hydrogen (secondary N) is 1. The van der Waals surface area contributed by atoms with E-state index in [0.29, 0.717) is 30.9 Å². The van der Waals surface area contributed by atoms with E-state index in [1.54, 1.807) is 30.0 Å². The molecule has 6 nitrogen and oxygen atoms in total. The van der Waals surface area contributed by atoms with Crippen molar-refractivity contribution in [3.8, 4) is 5.75 Å². The first kappa shape index (κ1) is 16.4. The van der Waals surface area contributed by atoms with Gasteiger partial charge in [-0.1, -0.05) is 24.3 Å². The van der Waals surface area contributed by atoms with Crippen molar-refractivity contribution in [3.05, 3.63) is 54.1 Å². The van der Waals surface area contributed by atoms with Gasteiger partial charge in [0.1, 0.15) is 5.75 Å². The maximum atomic E-state index is 12.9. The SMILES string of the molecule is COc1cccc(NC(=O)N2CC[C@@]3(C2)C(=O)N(C)c2ccccc23)c1. The van der Waals surface area contributed by atoms with E-state index < -0.39 is 5.41 Å². The molecule has 1 N–H and O–H groups in total. The molecule has 26 heavy (non-hydrogen) atoms. The highest BCUT2D eigenvalue weighted by Gasteiger charge is 2.54. The molecule has 0 aliphatic carbocycles. The van der Waals surface area contributed by atoms with E-state index in [1.165, 1.54) is 0 Å². The maximum absolute atomic E-state index is 12.9. The van der Waals surface area contributed by atoms with Crippen molar-refractivity contribution in [1.29, 1.82) is 0 Å². The minimum atomic E-state index is -0.628. The van der Waals surface area contributed by atoms with Gasteiger partial charge in [-0.05, 0) is 30.2 Å². The molecule has 2 heterocycles. The second-order valence-electron chi connectivity index (χ2n) is 6.80. The Bertz CT molecular complexity index is 882. The molecule has 6 heteroatoms. The standard InChI is InChI=1S/C20H21N3O3/c1-22-17-9-4-3-8-16(17)20(18(22)24)10-11-23(13-20)19(25)21-14-6-5-7-15(12-14)26-2/h3-9,12H,10-11,13H2,1-2H3,(H,21,25)/t20-/m0/s1. The summed E-state index contributed by atoms with van der Waals surface area (Å²) in [5.74, 6) is 0.748. The molecule has 2 aliphatic heterocycles. The van der Waals surface area contributed by atoms with Crippen LogP contribution >= 0.6 is 0 Å². The Morgan fingerprint density at radius 2 is 2.00 bits per heavy atom. The Morgan fingerprint density at radius 1 is 1.19 bits per heavy atom. The summed E-state index contributed by atoms with van der Waals surface area (Å²) in [6.45, 7) is 0.937. The predicted molar refractivity (Wildman–Crippen MR) is 99.7 cm³/mol. The van der Waals surface area contributed by atoms with Crippen LogP contribution in [0.3, 0.4) is 0 Å². The third-order valence-electron chi connectivity index (χ3n) is 5.37. The molecule has 0 bridgehead atoms. The monoisotopic (exact) mass is 351 g/mol. The number of hydrogen-bond acceptors (Lipinski definition) is 3. The number of anilines is 2. The second kappa shape index (κ2) is 6.05. The smallest absolute Gasteiger partial charge is 0.321 e. The molecular formula is C20H21N3O3. The molecule has 3 amide bonds. The number of carbonyl (C=O) groups excluding carboxylic acids is 2. The number of amides is 3. The van der Waals surface area contributed by atoms with Crippen LogP contribution < -0.4 is 15.0 Å². The molecule has 0 unspecified atom stereocenters. The van der Waals surface area contributed by atoms with Crippen LogP contribution in [0.4, 0.5) is 16.2 Å². The number of rotatable bonds is 2. The van der Waals surface area contributed by atoms with Gasteiger partial charge >= 0.3 is 6.03 Å². The van der Waals surface area contributed by atoms with Gasteiger partial charge in [-0.2, -0.15) is 0 Å². The minimum Gasteiger partial charge on any atom is -0.497 e. The molecule has 1 fully saturated rings. The fraction of sp³-hybridized carbons (Fsp3) is 0.300. The number of fused-ring (bicyclic) bond motifs is 2. The highest BCUT2D eigenvalue weighted by atomic mass is 16.5. The largest absolute Gasteiger partial charge is 0.497 e. The summed E-state index contributed by atoms with van der Waals surface area (Å²) < 4.78 is 5.19. The number of methoxy groups -OCH3 is 1. The Balaban J connectivity index is 1.55. The molecule has 2 aromatic rings. The van der Waals surface area contributed by atoms with Gasteiger partial charge in [0.05, 0.1) is 12.5 Å². The lowest BCUT2D eigenvalue weighted by atomic mass is 9.81. The topological polar surface area (TPSA) is 61.9 Å². The lowest BCUT2D eigenvalue weighted by molar-refractivity contribution is -0.122. The van der Waals surface area contributed by atoms with Gasteiger partial charge in [-0.25, -0.2) is 4.79 Å². The van der Waals surface area contributed by atoms with E-state index in [-0.39, 0.29) is 11.9 Å². The van der Waals surface area contributed by atoms with Crippen molar-refractivity contribution in [1.82, 2.24) is 4.90 Å². The fourth-order valence-corrected chi connectivity index (χ4v) is 4.00. The van der Waals surface area contributed by atoms with Crippen LogP contribution in [0.25, 0.3) is 0 Å². The molecule has 2 aliphatic rings. The summed E-state index contributed by atoms with van der Waals surface area (Å²) in [5.41, 5.74) is 2.00. The van der Waals surface area contributed by atoms with Gasteiger partial charge in [0.25, 0.3) is 0 Å². The van der Waals surface area contributed by atoms with Crippen LogP contribution in [0.1, 0.15) is 12.0 Å². The van der Waals surface area contributed by atoms with Crippen LogP contribution in [0.5, 0.6) is 5.75 Å². The lowest BCUT2D eigenvalue weighted by Crippen LogP contribution is -2.42. The van der Waals surface area contributed by atoms with Crippen LogP contribution in [0.2, 0.25) is 0 Å². The molecule has 2 aromatic carbocycles. The zero-order valence-corrected chi connectivity index (χ0v) is 14.9. The van der Waals surface area contributed by atoms with Crippen molar-refractivity contribution in [3.63, 3.8) is 0 Å². The average Bonchev–Trinajstić information content (AvgIpc) is 3.20. The zero-order chi connectivity index (χ0) is 18.3. The second-order valence-corrected chi connectivity index (χ2v) is 6.80. The summed E-state index contributed by atoms with van der Waals surface area (Å²) in [4.78, 5) is 29.1. The van der Waals surface area contributed by atoms with Crippen LogP contribution in [-0.2, 0) is 10.2 Å². The normalized spacial score (nSPS) is 21.2. The van der Waals surface area contributed by atoms with E-state index >= 15 is 0 Å². The Kier molecular flexibility index (Phi) is 3.83. The number of hydrogen-bond donors (Lipinski definition) is 1. The number of nitrogens with zero attached hydrogens (tertiary/aromatic N) is 2. The van der Waals surface area contributed by atoms with Gasteiger partial charge in [0.15, 0.2) is 0 Å². The number of likely N-dealkylation sites (N-methyl/N-ethyl adjacent to an activating group) is 1. The first-order valence-corrected chi connectivity index (χ1v) is 8.63. The third kappa shape index (κ3) is 2.41. The molecule has 134 valence electrons. The van der Waals surface area contributed by atoms with E-state index in [4.69, 9.17) is 4.74 Å². The number of ether oxygens (including phenoxy) is 1.